The molecule has 1 aromatic carbocycles. The first-order valence-corrected chi connectivity index (χ1v) is 20.5. The number of esters is 1. The van der Waals surface area contributed by atoms with E-state index >= 15 is 4.39 Å². The molecular formula is C41H64FN7O9. The van der Waals surface area contributed by atoms with Crippen LogP contribution in [0.25, 0.3) is 11.3 Å². The van der Waals surface area contributed by atoms with Crippen molar-refractivity contribution in [2.75, 3.05) is 25.9 Å². The number of cyclic esters (lactones) is 1. The van der Waals surface area contributed by atoms with Crippen molar-refractivity contribution >= 4 is 23.5 Å². The van der Waals surface area contributed by atoms with Gasteiger partial charge in [-0.25, -0.2) is 14.0 Å². The third-order valence-electron chi connectivity index (χ3n) is 12.2. The number of hydrogen-bond acceptors (Lipinski definition) is 14. The number of unbranched alkanes of at least 4 members (excludes halogenated alkanes) is 1. The maximum Gasteiger partial charge on any atom is 0.410 e. The molecule has 13 atom stereocenters. The summed E-state index contributed by atoms with van der Waals surface area (Å²) in [4.78, 5) is 43.5. The van der Waals surface area contributed by atoms with Gasteiger partial charge in [0.2, 0.25) is 0 Å². The fraction of sp³-hybridized carbons (Fsp3) is 0.732. The molecule has 6 N–H and O–H groups in total. The van der Waals surface area contributed by atoms with Gasteiger partial charge < -0.3 is 45.6 Å². The SMILES string of the molecule is CC[C@H]1OC(=O)C(C)(F)C(=O)[C@@H](C)[C@@H](O[C@@H]2O[C@H](C)CC(N)C2O)[C@](C)(OC)C[C@@H](C)CN[C@H](C)[C@H]2N(CCCCn3cc(-c4cccc(N)c4)nn3)C(=O)O[C@]12C. The molecule has 0 aliphatic carbocycles. The summed E-state index contributed by atoms with van der Waals surface area (Å²) in [6, 6.07) is 5.69. The molecule has 4 heterocycles. The number of rotatable bonds is 10. The van der Waals surface area contributed by atoms with Crippen molar-refractivity contribution in [3.63, 3.8) is 0 Å². The highest BCUT2D eigenvalue weighted by Gasteiger charge is 2.60. The molecule has 2 aromatic rings. The standard InChI is InChI=1S/C41H64FN7O9/c1-10-31-41(8)33(49(38(53)58-41)17-12-11-16-48-22-30(46-47-48)27-14-13-15-28(43)19-27)26(5)45-21-23(2)20-39(6,54-9)35(25(4)34(51)40(7,42)37(52)56-31)57-36-32(50)29(44)18-24(3)55-36/h13-15,19,22-26,29,31-33,35-36,45,50H,10-12,16-18,20-21,43-44H2,1-9H3/t23-,24-,25-,26-,29?,31-,32?,33-,35-,36+,39-,40?,41-/m1/s1. The average molecular weight is 818 g/mol. The van der Waals surface area contributed by atoms with Crippen LogP contribution >= 0.6 is 0 Å². The molecule has 17 heteroatoms. The van der Waals surface area contributed by atoms with E-state index in [-0.39, 0.29) is 18.4 Å². The Morgan fingerprint density at radius 2 is 1.81 bits per heavy atom. The summed E-state index contributed by atoms with van der Waals surface area (Å²) in [5.41, 5.74) is 8.52. The number of nitrogen functional groups attached to an aromatic ring is 1. The van der Waals surface area contributed by atoms with Crippen LogP contribution in [0, 0.1) is 11.8 Å². The number of ether oxygens (including phenoxy) is 5. The number of amides is 1. The van der Waals surface area contributed by atoms with Gasteiger partial charge in [0.25, 0.3) is 5.67 Å². The summed E-state index contributed by atoms with van der Waals surface area (Å²) >= 11 is 0. The number of nitrogens with two attached hydrogens (primary N) is 2. The van der Waals surface area contributed by atoms with E-state index in [1.54, 1.807) is 43.3 Å². The summed E-state index contributed by atoms with van der Waals surface area (Å²) in [7, 11) is 1.47. The van der Waals surface area contributed by atoms with Crippen molar-refractivity contribution in [1.29, 1.82) is 0 Å². The Kier molecular flexibility index (Phi) is 14.3. The topological polar surface area (TPSA) is 216 Å². The minimum absolute atomic E-state index is 0.126. The number of aromatic nitrogens is 3. The average Bonchev–Trinajstić information content (AvgIpc) is 3.75. The number of carbonyl (C=O) groups is 3. The van der Waals surface area contributed by atoms with Crippen LogP contribution in [-0.2, 0) is 39.8 Å². The first-order valence-electron chi connectivity index (χ1n) is 20.5. The lowest BCUT2D eigenvalue weighted by Gasteiger charge is -2.45. The van der Waals surface area contributed by atoms with Gasteiger partial charge in [0.1, 0.15) is 17.9 Å². The lowest BCUT2D eigenvalue weighted by Crippen LogP contribution is -2.61. The van der Waals surface area contributed by atoms with Crippen LogP contribution < -0.4 is 16.8 Å². The Morgan fingerprint density at radius 1 is 1.10 bits per heavy atom. The van der Waals surface area contributed by atoms with Gasteiger partial charge in [-0.3, -0.25) is 14.4 Å². The summed E-state index contributed by atoms with van der Waals surface area (Å²) in [5, 5.41) is 23.1. The maximum atomic E-state index is 16.8. The van der Waals surface area contributed by atoms with Gasteiger partial charge in [-0.15, -0.1) is 5.10 Å². The van der Waals surface area contributed by atoms with Crippen LogP contribution in [0.2, 0.25) is 0 Å². The van der Waals surface area contributed by atoms with Crippen LogP contribution in [0.1, 0.15) is 87.5 Å². The van der Waals surface area contributed by atoms with E-state index in [1.165, 1.54) is 14.0 Å². The van der Waals surface area contributed by atoms with Crippen molar-refractivity contribution in [2.24, 2.45) is 17.6 Å². The fourth-order valence-corrected chi connectivity index (χ4v) is 9.00. The van der Waals surface area contributed by atoms with Crippen molar-refractivity contribution in [2.45, 2.75) is 160 Å². The molecule has 3 saturated heterocycles. The normalized spacial score (nSPS) is 38.1. The first kappa shape index (κ1) is 45.3. The first-order chi connectivity index (χ1) is 27.2. The number of fused-ring (bicyclic) bond motifs is 1. The Hall–Kier alpha value is -3.74. The van der Waals surface area contributed by atoms with E-state index in [0.29, 0.717) is 56.7 Å². The highest BCUT2D eigenvalue weighted by Crippen LogP contribution is 2.41. The molecule has 58 heavy (non-hydrogen) atoms. The molecule has 0 saturated carbocycles. The Bertz CT molecular complexity index is 1750. The van der Waals surface area contributed by atoms with Gasteiger partial charge in [0.15, 0.2) is 17.7 Å². The number of aliphatic hydroxyl groups is 1. The molecule has 0 spiro atoms. The molecular weight excluding hydrogens is 753 g/mol. The number of hydrogen-bond donors (Lipinski definition) is 4. The van der Waals surface area contributed by atoms with Gasteiger partial charge in [0.05, 0.1) is 30.0 Å². The smallest absolute Gasteiger partial charge is 0.410 e. The monoisotopic (exact) mass is 817 g/mol. The predicted molar refractivity (Wildman–Crippen MR) is 213 cm³/mol. The molecule has 5 rings (SSSR count). The van der Waals surface area contributed by atoms with Crippen molar-refractivity contribution in [1.82, 2.24) is 25.2 Å². The number of Topliss-reactive ketones (excluding diaryl/α,β-unsaturated/α-hetero) is 1. The number of ketones is 1. The van der Waals surface area contributed by atoms with Crippen LogP contribution in [0.3, 0.4) is 0 Å². The van der Waals surface area contributed by atoms with E-state index < -0.39 is 83.4 Å². The molecule has 3 aliphatic rings. The van der Waals surface area contributed by atoms with E-state index in [2.05, 4.69) is 15.6 Å². The Balaban J connectivity index is 1.40. The number of anilines is 1. The zero-order valence-corrected chi connectivity index (χ0v) is 35.4. The van der Waals surface area contributed by atoms with Crippen molar-refractivity contribution in [3.05, 3.63) is 30.5 Å². The quantitative estimate of drug-likeness (QED) is 0.116. The third-order valence-corrected chi connectivity index (χ3v) is 12.2. The summed E-state index contributed by atoms with van der Waals surface area (Å²) in [6.07, 6.45) is -1.78. The number of carbonyl (C=O) groups excluding carboxylic acids is 3. The van der Waals surface area contributed by atoms with Gasteiger partial charge >= 0.3 is 12.1 Å². The molecule has 16 nitrogen and oxygen atoms in total. The second kappa shape index (κ2) is 18.3. The highest BCUT2D eigenvalue weighted by molar-refractivity contribution is 6.07. The van der Waals surface area contributed by atoms with Crippen LogP contribution in [0.4, 0.5) is 14.9 Å². The second-order valence-corrected chi connectivity index (χ2v) is 17.1. The summed E-state index contributed by atoms with van der Waals surface area (Å²) in [6.45, 7) is 14.5. The molecule has 3 aliphatic heterocycles. The number of aliphatic hydroxyl groups excluding tert-OH is 1. The molecule has 0 radical (unpaired) electrons. The number of benzene rings is 1. The number of aryl methyl sites for hydroxylation is 1. The Morgan fingerprint density at radius 3 is 2.48 bits per heavy atom. The van der Waals surface area contributed by atoms with Crippen LogP contribution in [0.5, 0.6) is 0 Å². The number of halogens is 1. The van der Waals surface area contributed by atoms with E-state index in [0.717, 1.165) is 12.5 Å². The maximum absolute atomic E-state index is 16.8. The lowest BCUT2D eigenvalue weighted by atomic mass is 9.78. The predicted octanol–water partition coefficient (Wildman–Crippen LogP) is 3.77. The number of nitrogens with zero attached hydrogens (tertiary/aromatic N) is 4. The van der Waals surface area contributed by atoms with Crippen LogP contribution in [0.15, 0.2) is 30.5 Å². The van der Waals surface area contributed by atoms with Crippen molar-refractivity contribution in [3.8, 4) is 11.3 Å². The van der Waals surface area contributed by atoms with Crippen LogP contribution in [-0.4, -0.2) is 129 Å². The van der Waals surface area contributed by atoms with Gasteiger partial charge in [0, 0.05) is 49.5 Å². The zero-order valence-electron chi connectivity index (χ0n) is 35.4. The van der Waals surface area contributed by atoms with Crippen molar-refractivity contribution < 1.29 is 47.6 Å². The third kappa shape index (κ3) is 9.49. The molecule has 3 unspecified atom stereocenters. The number of nitrogens with one attached hydrogen (secondary N) is 1. The molecule has 1 amide bonds. The molecule has 324 valence electrons. The largest absolute Gasteiger partial charge is 0.455 e. The van der Waals surface area contributed by atoms with Gasteiger partial charge in [-0.1, -0.05) is 38.1 Å². The van der Waals surface area contributed by atoms with Gasteiger partial charge in [-0.05, 0) is 91.3 Å². The zero-order chi connectivity index (χ0) is 42.7. The molecule has 0 bridgehead atoms. The summed E-state index contributed by atoms with van der Waals surface area (Å²) in [5.74, 6) is -3.93. The second-order valence-electron chi connectivity index (χ2n) is 17.1. The number of methoxy groups -OCH3 is 1. The minimum atomic E-state index is -3.14. The van der Waals surface area contributed by atoms with Gasteiger partial charge in [-0.2, -0.15) is 0 Å². The highest BCUT2D eigenvalue weighted by atomic mass is 19.1. The minimum Gasteiger partial charge on any atom is -0.455 e. The van der Waals surface area contributed by atoms with E-state index in [9.17, 15) is 19.5 Å². The molecule has 1 aromatic heterocycles. The fourth-order valence-electron chi connectivity index (χ4n) is 9.00. The lowest BCUT2D eigenvalue weighted by molar-refractivity contribution is -0.288. The molecule has 3 fully saturated rings. The van der Waals surface area contributed by atoms with E-state index in [4.69, 9.17) is 35.2 Å². The van der Waals surface area contributed by atoms with E-state index in [1.807, 2.05) is 38.2 Å². The Labute approximate surface area is 340 Å². The number of alkyl halides is 1. The summed E-state index contributed by atoms with van der Waals surface area (Å²) < 4.78 is 49.0.